The van der Waals surface area contributed by atoms with Crippen LogP contribution < -0.4 is 11.1 Å². The highest BCUT2D eigenvalue weighted by Crippen LogP contribution is 2.22. The van der Waals surface area contributed by atoms with E-state index >= 15 is 0 Å². The van der Waals surface area contributed by atoms with Crippen molar-refractivity contribution in [2.45, 2.75) is 46.1 Å². The molecule has 0 rings (SSSR count). The molecule has 0 unspecified atom stereocenters. The molecule has 0 fully saturated rings. The molecule has 6 heteroatoms. The Morgan fingerprint density at radius 2 is 1.95 bits per heavy atom. The van der Waals surface area contributed by atoms with Crippen molar-refractivity contribution in [1.29, 1.82) is 0 Å². The fourth-order valence-corrected chi connectivity index (χ4v) is 1.63. The van der Waals surface area contributed by atoms with E-state index in [4.69, 9.17) is 15.2 Å². The van der Waals surface area contributed by atoms with Gasteiger partial charge in [0.2, 0.25) is 5.91 Å². The van der Waals surface area contributed by atoms with E-state index in [1.165, 1.54) is 0 Å². The molecule has 124 valence electrons. The van der Waals surface area contributed by atoms with Gasteiger partial charge < -0.3 is 25.3 Å². The Bertz CT molecular complexity index is 317. The molecule has 1 amide bonds. The van der Waals surface area contributed by atoms with Gasteiger partial charge in [0, 0.05) is 12.0 Å². The van der Waals surface area contributed by atoms with Crippen molar-refractivity contribution < 1.29 is 19.1 Å². The van der Waals surface area contributed by atoms with E-state index in [2.05, 4.69) is 5.32 Å². The number of nitrogens with two attached hydrogens (primary N) is 1. The molecule has 0 bridgehead atoms. The highest BCUT2D eigenvalue weighted by Gasteiger charge is 2.25. The van der Waals surface area contributed by atoms with E-state index in [0.29, 0.717) is 26.0 Å². The van der Waals surface area contributed by atoms with Gasteiger partial charge in [0.1, 0.15) is 19.5 Å². The van der Waals surface area contributed by atoms with Crippen molar-refractivity contribution in [3.63, 3.8) is 0 Å². The maximum atomic E-state index is 11.5. The van der Waals surface area contributed by atoms with Gasteiger partial charge in [0.25, 0.3) is 0 Å². The van der Waals surface area contributed by atoms with E-state index < -0.39 is 0 Å². The minimum Gasteiger partial charge on any atom is -0.375 e. The molecule has 21 heavy (non-hydrogen) atoms. The molecular formula is C15H30N2O4. The van der Waals surface area contributed by atoms with Crippen LogP contribution in [0, 0.1) is 5.41 Å². The lowest BCUT2D eigenvalue weighted by molar-refractivity contribution is -0.127. The van der Waals surface area contributed by atoms with Gasteiger partial charge in [-0.1, -0.05) is 13.8 Å². The van der Waals surface area contributed by atoms with Crippen LogP contribution in [0.4, 0.5) is 0 Å². The summed E-state index contributed by atoms with van der Waals surface area (Å²) in [6, 6.07) is 0. The van der Waals surface area contributed by atoms with Crippen molar-refractivity contribution in [3.8, 4) is 0 Å². The molecule has 0 atom stereocenters. The molecule has 0 aromatic carbocycles. The molecule has 0 aliphatic carbocycles. The number of aldehydes is 1. The summed E-state index contributed by atoms with van der Waals surface area (Å²) in [5, 5.41) is 2.78. The largest absolute Gasteiger partial charge is 0.375 e. The third-order valence-corrected chi connectivity index (χ3v) is 3.02. The lowest BCUT2D eigenvalue weighted by Gasteiger charge is -2.32. The number of amides is 1. The van der Waals surface area contributed by atoms with E-state index in [1.54, 1.807) is 0 Å². The Kier molecular flexibility index (Phi) is 9.41. The van der Waals surface area contributed by atoms with Crippen LogP contribution in [-0.4, -0.2) is 50.7 Å². The minimum atomic E-state index is -0.229. The van der Waals surface area contributed by atoms with Gasteiger partial charge in [0.05, 0.1) is 12.2 Å². The zero-order chi connectivity index (χ0) is 16.4. The van der Waals surface area contributed by atoms with Crippen LogP contribution in [0.15, 0.2) is 0 Å². The normalized spacial score (nSPS) is 12.2. The first-order valence-corrected chi connectivity index (χ1v) is 7.34. The zero-order valence-corrected chi connectivity index (χ0v) is 13.7. The van der Waals surface area contributed by atoms with Crippen molar-refractivity contribution in [2.75, 3.05) is 32.9 Å². The number of carbonyl (C=O) groups is 2. The van der Waals surface area contributed by atoms with Gasteiger partial charge in [-0.15, -0.1) is 0 Å². The number of carbonyl (C=O) groups excluding carboxylic acids is 2. The van der Waals surface area contributed by atoms with E-state index in [9.17, 15) is 9.59 Å². The molecule has 0 aliphatic rings. The van der Waals surface area contributed by atoms with Crippen LogP contribution in [0.25, 0.3) is 0 Å². The summed E-state index contributed by atoms with van der Waals surface area (Å²) < 4.78 is 10.8. The Morgan fingerprint density at radius 1 is 1.29 bits per heavy atom. The van der Waals surface area contributed by atoms with Crippen LogP contribution in [0.3, 0.4) is 0 Å². The first kappa shape index (κ1) is 20.0. The Balaban J connectivity index is 4.01. The second kappa shape index (κ2) is 9.87. The summed E-state index contributed by atoms with van der Waals surface area (Å²) in [5.41, 5.74) is 5.12. The van der Waals surface area contributed by atoms with Crippen LogP contribution in [-0.2, 0) is 19.1 Å². The SMILES string of the molecule is CC(C)(CNC(=O)COCC=O)COC(C)(C)CCCN. The molecule has 0 spiro atoms. The number of nitrogens with one attached hydrogen (secondary N) is 1. The smallest absolute Gasteiger partial charge is 0.246 e. The van der Waals surface area contributed by atoms with Crippen LogP contribution in [0.1, 0.15) is 40.5 Å². The van der Waals surface area contributed by atoms with Gasteiger partial charge in [-0.2, -0.15) is 0 Å². The van der Waals surface area contributed by atoms with Gasteiger partial charge in [-0.3, -0.25) is 4.79 Å². The zero-order valence-electron chi connectivity index (χ0n) is 13.7. The highest BCUT2D eigenvalue weighted by molar-refractivity contribution is 5.77. The molecule has 0 aliphatic heterocycles. The maximum Gasteiger partial charge on any atom is 0.246 e. The van der Waals surface area contributed by atoms with Gasteiger partial charge >= 0.3 is 0 Å². The molecule has 0 saturated carbocycles. The second-order valence-electron chi connectivity index (χ2n) is 6.56. The monoisotopic (exact) mass is 302 g/mol. The quantitative estimate of drug-likeness (QED) is 0.412. The number of hydrogen-bond acceptors (Lipinski definition) is 5. The fraction of sp³-hybridized carbons (Fsp3) is 0.867. The molecule has 0 radical (unpaired) electrons. The first-order chi connectivity index (χ1) is 9.72. The Hall–Kier alpha value is -0.980. The van der Waals surface area contributed by atoms with E-state index in [0.717, 1.165) is 12.8 Å². The second-order valence-corrected chi connectivity index (χ2v) is 6.56. The molecular weight excluding hydrogens is 272 g/mol. The molecule has 0 heterocycles. The first-order valence-electron chi connectivity index (χ1n) is 7.34. The average molecular weight is 302 g/mol. The standard InChI is InChI=1S/C15H30N2O4/c1-14(2,11-17-13(19)10-20-9-8-18)12-21-15(3,4)6-5-7-16/h8H,5-7,9-12,16H2,1-4H3,(H,17,19). The summed E-state index contributed by atoms with van der Waals surface area (Å²) >= 11 is 0. The molecule has 0 saturated heterocycles. The fourth-order valence-electron chi connectivity index (χ4n) is 1.63. The Morgan fingerprint density at radius 3 is 2.52 bits per heavy atom. The molecule has 0 aromatic heterocycles. The lowest BCUT2D eigenvalue weighted by atomic mass is 9.93. The molecule has 0 aromatic rings. The third-order valence-electron chi connectivity index (χ3n) is 3.02. The summed E-state index contributed by atoms with van der Waals surface area (Å²) in [7, 11) is 0. The van der Waals surface area contributed by atoms with Crippen LogP contribution in [0.5, 0.6) is 0 Å². The number of hydrogen-bond donors (Lipinski definition) is 2. The lowest BCUT2D eigenvalue weighted by Crippen LogP contribution is -2.40. The summed E-state index contributed by atoms with van der Waals surface area (Å²) in [5.74, 6) is -0.229. The van der Waals surface area contributed by atoms with E-state index in [1.807, 2.05) is 27.7 Å². The van der Waals surface area contributed by atoms with Crippen LogP contribution in [0.2, 0.25) is 0 Å². The predicted molar refractivity (Wildman–Crippen MR) is 82.0 cm³/mol. The van der Waals surface area contributed by atoms with Gasteiger partial charge in [-0.25, -0.2) is 0 Å². The highest BCUT2D eigenvalue weighted by atomic mass is 16.5. The van der Waals surface area contributed by atoms with E-state index in [-0.39, 0.29) is 30.1 Å². The van der Waals surface area contributed by atoms with Crippen LogP contribution >= 0.6 is 0 Å². The van der Waals surface area contributed by atoms with Crippen molar-refractivity contribution in [1.82, 2.24) is 5.32 Å². The molecule has 6 nitrogen and oxygen atoms in total. The number of ether oxygens (including phenoxy) is 2. The maximum absolute atomic E-state index is 11.5. The van der Waals surface area contributed by atoms with Crippen molar-refractivity contribution in [3.05, 3.63) is 0 Å². The summed E-state index contributed by atoms with van der Waals surface area (Å²) in [4.78, 5) is 21.6. The van der Waals surface area contributed by atoms with Crippen molar-refractivity contribution in [2.24, 2.45) is 11.1 Å². The topological polar surface area (TPSA) is 90.6 Å². The van der Waals surface area contributed by atoms with Gasteiger partial charge in [0.15, 0.2) is 0 Å². The minimum absolute atomic E-state index is 0.0603. The molecule has 3 N–H and O–H groups in total. The third kappa shape index (κ3) is 11.4. The number of rotatable bonds is 12. The Labute approximate surface area is 127 Å². The van der Waals surface area contributed by atoms with Gasteiger partial charge in [-0.05, 0) is 33.2 Å². The van der Waals surface area contributed by atoms with Crippen molar-refractivity contribution >= 4 is 12.2 Å². The summed E-state index contributed by atoms with van der Waals surface area (Å²) in [6.45, 7) is 9.68. The average Bonchev–Trinajstić information content (AvgIpc) is 2.42. The predicted octanol–water partition coefficient (Wildman–Crippen LogP) is 0.878. The summed E-state index contributed by atoms with van der Waals surface area (Å²) in [6.07, 6.45) is 2.46.